The van der Waals surface area contributed by atoms with Crippen LogP contribution in [0.15, 0.2) is 94.8 Å². The van der Waals surface area contributed by atoms with Gasteiger partial charge in [-0.25, -0.2) is 5.01 Å². The number of ether oxygens (including phenoxy) is 1. The van der Waals surface area contributed by atoms with Crippen LogP contribution in [0.25, 0.3) is 10.8 Å². The average Bonchev–Trinajstić information content (AvgIpc) is 3.27. The summed E-state index contributed by atoms with van der Waals surface area (Å²) < 4.78 is 7.64. The zero-order valence-corrected chi connectivity index (χ0v) is 18.6. The number of aromatic nitrogens is 1. The van der Waals surface area contributed by atoms with Crippen LogP contribution < -0.4 is 4.74 Å². The van der Waals surface area contributed by atoms with Gasteiger partial charge in [0.1, 0.15) is 5.75 Å². The Labute approximate surface area is 189 Å². The fraction of sp³-hybridized carbons (Fsp3) is 0.154. The van der Waals surface area contributed by atoms with E-state index < -0.39 is 5.72 Å². The van der Waals surface area contributed by atoms with Gasteiger partial charge in [-0.1, -0.05) is 52.3 Å². The van der Waals surface area contributed by atoms with E-state index >= 15 is 0 Å². The molecule has 4 nitrogen and oxygen atoms in total. The number of benzene rings is 3. The minimum atomic E-state index is -0.715. The molecule has 2 unspecified atom stereocenters. The Morgan fingerprint density at radius 2 is 1.77 bits per heavy atom. The van der Waals surface area contributed by atoms with Gasteiger partial charge >= 0.3 is 0 Å². The van der Waals surface area contributed by atoms with Crippen molar-refractivity contribution in [1.82, 2.24) is 9.99 Å². The quantitative estimate of drug-likeness (QED) is 0.340. The van der Waals surface area contributed by atoms with Crippen molar-refractivity contribution in [3.8, 4) is 5.75 Å². The van der Waals surface area contributed by atoms with Crippen molar-refractivity contribution in [3.63, 3.8) is 0 Å². The van der Waals surface area contributed by atoms with Gasteiger partial charge in [-0.05, 0) is 52.7 Å². The molecule has 2 atom stereocenters. The van der Waals surface area contributed by atoms with Crippen LogP contribution >= 0.6 is 15.9 Å². The average molecular weight is 470 g/mol. The largest absolute Gasteiger partial charge is 0.462 e. The van der Waals surface area contributed by atoms with Crippen LogP contribution in [0.4, 0.5) is 0 Å². The third-order valence-corrected chi connectivity index (χ3v) is 6.78. The zero-order chi connectivity index (χ0) is 21.0. The topological polar surface area (TPSA) is 37.7 Å². The van der Waals surface area contributed by atoms with E-state index in [1.54, 1.807) is 12.4 Å². The predicted molar refractivity (Wildman–Crippen MR) is 126 cm³/mol. The van der Waals surface area contributed by atoms with Gasteiger partial charge in [-0.3, -0.25) is 4.98 Å². The summed E-state index contributed by atoms with van der Waals surface area (Å²) in [7, 11) is 0. The van der Waals surface area contributed by atoms with Crippen molar-refractivity contribution in [2.45, 2.75) is 25.1 Å². The second-order valence-electron chi connectivity index (χ2n) is 8.18. The molecule has 0 N–H and O–H groups in total. The SMILES string of the molecule is CC1(c2ccncc2)Oc2ccc(Br)cc2C2CC(c3ccc4ccccc4c3)=NN21. The molecule has 0 amide bonds. The third kappa shape index (κ3) is 2.95. The molecule has 0 bridgehead atoms. The monoisotopic (exact) mass is 469 g/mol. The maximum atomic E-state index is 6.60. The molecule has 0 saturated heterocycles. The Morgan fingerprint density at radius 1 is 0.968 bits per heavy atom. The molecule has 1 aromatic heterocycles. The number of hydrazone groups is 1. The highest BCUT2D eigenvalue weighted by Gasteiger charge is 2.48. The molecule has 0 aliphatic carbocycles. The summed E-state index contributed by atoms with van der Waals surface area (Å²) in [5, 5.41) is 9.72. The molecule has 3 heterocycles. The summed E-state index contributed by atoms with van der Waals surface area (Å²) in [6.07, 6.45) is 4.44. The maximum absolute atomic E-state index is 6.60. The van der Waals surface area contributed by atoms with Gasteiger partial charge in [0.15, 0.2) is 0 Å². The molecular formula is C26H20BrN3O. The molecule has 152 valence electrons. The van der Waals surface area contributed by atoms with Gasteiger partial charge in [0.05, 0.1) is 11.8 Å². The van der Waals surface area contributed by atoms with Gasteiger partial charge in [0, 0.05) is 41.3 Å². The summed E-state index contributed by atoms with van der Waals surface area (Å²) in [5.41, 5.74) is 3.70. The van der Waals surface area contributed by atoms with Gasteiger partial charge in [0.25, 0.3) is 0 Å². The second-order valence-corrected chi connectivity index (χ2v) is 9.09. The van der Waals surface area contributed by atoms with Gasteiger partial charge < -0.3 is 4.74 Å². The van der Waals surface area contributed by atoms with Gasteiger partial charge in [-0.2, -0.15) is 5.10 Å². The maximum Gasteiger partial charge on any atom is 0.221 e. The molecule has 2 aliphatic rings. The van der Waals surface area contributed by atoms with Crippen LogP contribution in [-0.2, 0) is 5.72 Å². The normalized spacial score (nSPS) is 21.9. The van der Waals surface area contributed by atoms with E-state index in [0.29, 0.717) is 0 Å². The van der Waals surface area contributed by atoms with Crippen molar-refractivity contribution < 1.29 is 4.74 Å². The summed E-state index contributed by atoms with van der Waals surface area (Å²) in [5.74, 6) is 0.902. The van der Waals surface area contributed by atoms with Crippen molar-refractivity contribution in [2.24, 2.45) is 5.10 Å². The third-order valence-electron chi connectivity index (χ3n) is 6.29. The molecule has 0 fully saturated rings. The smallest absolute Gasteiger partial charge is 0.221 e. The number of halogens is 1. The van der Waals surface area contributed by atoms with Gasteiger partial charge in [-0.15, -0.1) is 0 Å². The summed E-state index contributed by atoms with van der Waals surface area (Å²) in [4.78, 5) is 4.19. The Morgan fingerprint density at radius 3 is 2.61 bits per heavy atom. The molecule has 0 spiro atoms. The highest BCUT2D eigenvalue weighted by Crippen LogP contribution is 2.50. The van der Waals surface area contributed by atoms with E-state index in [0.717, 1.165) is 39.0 Å². The molecule has 2 aliphatic heterocycles. The Hall–Kier alpha value is -3.18. The number of rotatable bonds is 2. The van der Waals surface area contributed by atoms with E-state index in [1.807, 2.05) is 24.3 Å². The predicted octanol–water partition coefficient (Wildman–Crippen LogP) is 6.41. The first-order valence-electron chi connectivity index (χ1n) is 10.4. The first kappa shape index (κ1) is 18.6. The molecule has 3 aromatic carbocycles. The Bertz CT molecular complexity index is 1340. The highest BCUT2D eigenvalue weighted by atomic mass is 79.9. The summed E-state index contributed by atoms with van der Waals surface area (Å²) >= 11 is 3.63. The lowest BCUT2D eigenvalue weighted by atomic mass is 9.92. The van der Waals surface area contributed by atoms with E-state index in [1.165, 1.54) is 10.8 Å². The fourth-order valence-corrected chi connectivity index (χ4v) is 5.05. The van der Waals surface area contributed by atoms with E-state index in [9.17, 15) is 0 Å². The Kier molecular flexibility index (Phi) is 4.15. The number of hydrogen-bond acceptors (Lipinski definition) is 4. The first-order valence-corrected chi connectivity index (χ1v) is 11.2. The number of pyridine rings is 1. The van der Waals surface area contributed by atoms with E-state index in [-0.39, 0.29) is 6.04 Å². The minimum Gasteiger partial charge on any atom is -0.462 e. The van der Waals surface area contributed by atoms with Crippen LogP contribution in [0.5, 0.6) is 5.75 Å². The van der Waals surface area contributed by atoms with Crippen LogP contribution in [0.1, 0.15) is 36.1 Å². The standard InChI is InChI=1S/C26H20BrN3O/c1-26(20-10-12-28-13-11-20)30-24(22-15-21(27)8-9-25(22)31-26)16-23(29-30)19-7-6-17-4-2-3-5-18(17)14-19/h2-15,24H,16H2,1H3. The second kappa shape index (κ2) is 6.92. The van der Waals surface area contributed by atoms with Crippen molar-refractivity contribution >= 4 is 32.4 Å². The summed E-state index contributed by atoms with van der Waals surface area (Å²) in [6.45, 7) is 2.09. The van der Waals surface area contributed by atoms with E-state index in [2.05, 4.69) is 81.4 Å². The van der Waals surface area contributed by atoms with Gasteiger partial charge in [0.2, 0.25) is 5.72 Å². The zero-order valence-electron chi connectivity index (χ0n) is 17.0. The number of nitrogens with zero attached hydrogens (tertiary/aromatic N) is 3. The molecule has 5 heteroatoms. The van der Waals surface area contributed by atoms with E-state index in [4.69, 9.17) is 9.84 Å². The molecule has 31 heavy (non-hydrogen) atoms. The summed E-state index contributed by atoms with van der Waals surface area (Å²) in [6, 6.07) is 25.4. The van der Waals surface area contributed by atoms with Crippen molar-refractivity contribution in [1.29, 1.82) is 0 Å². The van der Waals surface area contributed by atoms with Crippen LogP contribution in [0.3, 0.4) is 0 Å². The highest BCUT2D eigenvalue weighted by molar-refractivity contribution is 9.10. The Balaban J connectivity index is 1.50. The fourth-order valence-electron chi connectivity index (χ4n) is 4.67. The molecule has 4 aromatic rings. The van der Waals surface area contributed by atoms with Crippen LogP contribution in [0.2, 0.25) is 0 Å². The van der Waals surface area contributed by atoms with Crippen LogP contribution in [0, 0.1) is 0 Å². The minimum absolute atomic E-state index is 0.0980. The lowest BCUT2D eigenvalue weighted by Crippen LogP contribution is -2.48. The van der Waals surface area contributed by atoms with Crippen LogP contribution in [-0.4, -0.2) is 15.7 Å². The molecule has 6 rings (SSSR count). The number of hydrogen-bond donors (Lipinski definition) is 0. The molecular weight excluding hydrogens is 450 g/mol. The first-order chi connectivity index (χ1) is 15.1. The van der Waals surface area contributed by atoms with Crippen molar-refractivity contribution in [3.05, 3.63) is 106 Å². The number of fused-ring (bicyclic) bond motifs is 4. The van der Waals surface area contributed by atoms with Crippen molar-refractivity contribution in [2.75, 3.05) is 0 Å². The lowest BCUT2D eigenvalue weighted by molar-refractivity contribution is -0.112. The molecule has 0 saturated carbocycles. The molecule has 0 radical (unpaired) electrons. The lowest BCUT2D eigenvalue weighted by Gasteiger charge is -2.46.